The average molecular weight is 306 g/mol. The monoisotopic (exact) mass is 306 g/mol. The lowest BCUT2D eigenvalue weighted by Gasteiger charge is -2.09. The molecule has 2 amide bonds. The maximum absolute atomic E-state index is 13.4. The molecule has 1 aliphatic heterocycles. The zero-order chi connectivity index (χ0) is 15.5. The topological polar surface area (TPSA) is 59.6 Å². The van der Waals surface area contributed by atoms with Crippen molar-refractivity contribution in [2.45, 2.75) is 6.54 Å². The second-order valence-electron chi connectivity index (χ2n) is 4.62. The van der Waals surface area contributed by atoms with Crippen LogP contribution < -0.4 is 20.1 Å². The van der Waals surface area contributed by atoms with Crippen LogP contribution >= 0.6 is 0 Å². The van der Waals surface area contributed by atoms with Gasteiger partial charge in [0.15, 0.2) is 11.5 Å². The number of fused-ring (bicyclic) bond motifs is 1. The quantitative estimate of drug-likeness (QED) is 0.916. The van der Waals surface area contributed by atoms with Crippen molar-refractivity contribution in [2.24, 2.45) is 0 Å². The molecule has 2 N–H and O–H groups in total. The molecular weight excluding hydrogens is 294 g/mol. The normalized spacial score (nSPS) is 12.1. The van der Waals surface area contributed by atoms with Gasteiger partial charge in [-0.1, -0.05) is 6.07 Å². The Balaban J connectivity index is 1.58. The van der Waals surface area contributed by atoms with Gasteiger partial charge in [-0.25, -0.2) is 13.6 Å². The Morgan fingerprint density at radius 3 is 2.73 bits per heavy atom. The van der Waals surface area contributed by atoms with Crippen LogP contribution in [-0.4, -0.2) is 12.8 Å². The van der Waals surface area contributed by atoms with Crippen LogP contribution in [0.2, 0.25) is 0 Å². The van der Waals surface area contributed by atoms with Crippen LogP contribution in [0.4, 0.5) is 19.3 Å². The molecule has 1 heterocycles. The fourth-order valence-electron chi connectivity index (χ4n) is 1.99. The Bertz CT molecular complexity index is 722. The largest absolute Gasteiger partial charge is 0.454 e. The first-order valence-electron chi connectivity index (χ1n) is 6.50. The van der Waals surface area contributed by atoms with Crippen molar-refractivity contribution in [2.75, 3.05) is 12.1 Å². The average Bonchev–Trinajstić information content (AvgIpc) is 2.95. The Hall–Kier alpha value is -2.83. The molecule has 22 heavy (non-hydrogen) atoms. The SMILES string of the molecule is O=C(NCc1ccc2c(c1)OCO2)Nc1ccc(F)cc1F. The standard InChI is InChI=1S/C15H12F2N2O3/c16-10-2-3-12(11(17)6-10)19-15(20)18-7-9-1-4-13-14(5-9)22-8-21-13/h1-6H,7-8H2,(H2,18,19,20). The van der Waals surface area contributed by atoms with E-state index in [9.17, 15) is 13.6 Å². The van der Waals surface area contributed by atoms with Crippen molar-refractivity contribution in [3.05, 3.63) is 53.6 Å². The van der Waals surface area contributed by atoms with E-state index < -0.39 is 17.7 Å². The van der Waals surface area contributed by atoms with Gasteiger partial charge in [0.2, 0.25) is 6.79 Å². The van der Waals surface area contributed by atoms with Gasteiger partial charge in [-0.15, -0.1) is 0 Å². The van der Waals surface area contributed by atoms with Gasteiger partial charge in [-0.05, 0) is 29.8 Å². The Kier molecular flexibility index (Phi) is 3.78. The summed E-state index contributed by atoms with van der Waals surface area (Å²) in [6.07, 6.45) is 0. The van der Waals surface area contributed by atoms with Crippen molar-refractivity contribution in [3.8, 4) is 11.5 Å². The van der Waals surface area contributed by atoms with Crippen LogP contribution in [0.15, 0.2) is 36.4 Å². The molecule has 0 spiro atoms. The van der Waals surface area contributed by atoms with Gasteiger partial charge in [0, 0.05) is 12.6 Å². The summed E-state index contributed by atoms with van der Waals surface area (Å²) in [4.78, 5) is 11.7. The van der Waals surface area contributed by atoms with E-state index in [0.717, 1.165) is 17.7 Å². The third-order valence-corrected chi connectivity index (χ3v) is 3.07. The van der Waals surface area contributed by atoms with Gasteiger partial charge in [0.1, 0.15) is 11.6 Å². The maximum Gasteiger partial charge on any atom is 0.319 e. The van der Waals surface area contributed by atoms with Crippen molar-refractivity contribution >= 4 is 11.7 Å². The van der Waals surface area contributed by atoms with Crippen LogP contribution in [-0.2, 0) is 6.54 Å². The van der Waals surface area contributed by atoms with Crippen molar-refractivity contribution < 1.29 is 23.0 Å². The zero-order valence-corrected chi connectivity index (χ0v) is 11.4. The number of ether oxygens (including phenoxy) is 2. The maximum atomic E-state index is 13.4. The third-order valence-electron chi connectivity index (χ3n) is 3.07. The predicted molar refractivity (Wildman–Crippen MR) is 74.8 cm³/mol. The molecule has 0 saturated carbocycles. The summed E-state index contributed by atoms with van der Waals surface area (Å²) < 4.78 is 36.6. The van der Waals surface area contributed by atoms with E-state index in [0.29, 0.717) is 17.6 Å². The molecule has 0 aromatic heterocycles. The van der Waals surface area contributed by atoms with Crippen molar-refractivity contribution in [3.63, 3.8) is 0 Å². The van der Waals surface area contributed by atoms with Gasteiger partial charge in [0.25, 0.3) is 0 Å². The number of urea groups is 1. The lowest BCUT2D eigenvalue weighted by Crippen LogP contribution is -2.28. The minimum atomic E-state index is -0.835. The summed E-state index contributed by atoms with van der Waals surface area (Å²) in [6.45, 7) is 0.405. The molecule has 0 atom stereocenters. The number of nitrogens with one attached hydrogen (secondary N) is 2. The lowest BCUT2D eigenvalue weighted by molar-refractivity contribution is 0.174. The fraction of sp³-hybridized carbons (Fsp3) is 0.133. The zero-order valence-electron chi connectivity index (χ0n) is 11.4. The number of rotatable bonds is 3. The molecule has 0 fully saturated rings. The molecule has 2 aromatic carbocycles. The highest BCUT2D eigenvalue weighted by Gasteiger charge is 2.13. The van der Waals surface area contributed by atoms with E-state index in [1.165, 1.54) is 0 Å². The minimum absolute atomic E-state index is 0.0930. The molecule has 0 radical (unpaired) electrons. The third kappa shape index (κ3) is 3.08. The van der Waals surface area contributed by atoms with E-state index >= 15 is 0 Å². The molecule has 114 valence electrons. The van der Waals surface area contributed by atoms with E-state index in [2.05, 4.69) is 10.6 Å². The summed E-state index contributed by atoms with van der Waals surface area (Å²) in [5.41, 5.74) is 0.712. The van der Waals surface area contributed by atoms with Gasteiger partial charge < -0.3 is 20.1 Å². The molecule has 5 nitrogen and oxygen atoms in total. The number of carbonyl (C=O) groups is 1. The van der Waals surface area contributed by atoms with Gasteiger partial charge in [-0.3, -0.25) is 0 Å². The fourth-order valence-corrected chi connectivity index (χ4v) is 1.99. The first-order chi connectivity index (χ1) is 10.6. The number of hydrogen-bond acceptors (Lipinski definition) is 3. The molecule has 2 aromatic rings. The molecule has 0 saturated heterocycles. The number of anilines is 1. The summed E-state index contributed by atoms with van der Waals surface area (Å²) in [7, 11) is 0. The van der Waals surface area contributed by atoms with Crippen LogP contribution in [0.3, 0.4) is 0 Å². The Morgan fingerprint density at radius 1 is 1.09 bits per heavy atom. The van der Waals surface area contributed by atoms with Crippen molar-refractivity contribution in [1.82, 2.24) is 5.32 Å². The molecule has 0 unspecified atom stereocenters. The van der Waals surface area contributed by atoms with Gasteiger partial charge in [-0.2, -0.15) is 0 Å². The summed E-state index contributed by atoms with van der Waals surface area (Å²) in [5, 5.41) is 4.89. The first-order valence-corrected chi connectivity index (χ1v) is 6.50. The number of benzene rings is 2. The van der Waals surface area contributed by atoms with E-state index in [-0.39, 0.29) is 19.0 Å². The highest BCUT2D eigenvalue weighted by Crippen LogP contribution is 2.32. The summed E-state index contributed by atoms with van der Waals surface area (Å²) in [6, 6.07) is 7.61. The molecule has 0 bridgehead atoms. The second kappa shape index (κ2) is 5.88. The highest BCUT2D eigenvalue weighted by atomic mass is 19.1. The van der Waals surface area contributed by atoms with Gasteiger partial charge in [0.05, 0.1) is 5.69 Å². The molecule has 0 aliphatic carbocycles. The van der Waals surface area contributed by atoms with E-state index in [1.54, 1.807) is 18.2 Å². The number of carbonyl (C=O) groups excluding carboxylic acids is 1. The number of amides is 2. The second-order valence-corrected chi connectivity index (χ2v) is 4.62. The molecule has 7 heteroatoms. The summed E-state index contributed by atoms with van der Waals surface area (Å²) >= 11 is 0. The van der Waals surface area contributed by atoms with Crippen LogP contribution in [0.25, 0.3) is 0 Å². The van der Waals surface area contributed by atoms with Crippen LogP contribution in [0, 0.1) is 11.6 Å². The van der Waals surface area contributed by atoms with E-state index in [4.69, 9.17) is 9.47 Å². The Morgan fingerprint density at radius 2 is 1.91 bits per heavy atom. The molecular formula is C15H12F2N2O3. The lowest BCUT2D eigenvalue weighted by atomic mass is 10.2. The van der Waals surface area contributed by atoms with Gasteiger partial charge >= 0.3 is 6.03 Å². The highest BCUT2D eigenvalue weighted by molar-refractivity contribution is 5.89. The smallest absolute Gasteiger partial charge is 0.319 e. The predicted octanol–water partition coefficient (Wildman–Crippen LogP) is 3.02. The minimum Gasteiger partial charge on any atom is -0.454 e. The van der Waals surface area contributed by atoms with Crippen LogP contribution in [0.1, 0.15) is 5.56 Å². The van der Waals surface area contributed by atoms with Crippen LogP contribution in [0.5, 0.6) is 11.5 Å². The number of halogens is 2. The van der Waals surface area contributed by atoms with E-state index in [1.807, 2.05) is 0 Å². The molecule has 3 rings (SSSR count). The Labute approximate surface area is 124 Å². The first kappa shape index (κ1) is 14.1. The van der Waals surface area contributed by atoms with Crippen molar-refractivity contribution in [1.29, 1.82) is 0 Å². The number of hydrogen-bond donors (Lipinski definition) is 2. The summed E-state index contributed by atoms with van der Waals surface area (Å²) in [5.74, 6) is -0.270. The molecule has 1 aliphatic rings.